The number of aromatic nitrogens is 1. The summed E-state index contributed by atoms with van der Waals surface area (Å²) in [6.07, 6.45) is 0. The SMILES string of the molecule is CC(CF)NC(=O)c1cc(Br)cc(N)n1. The van der Waals surface area contributed by atoms with Crippen LogP contribution in [0.5, 0.6) is 0 Å². The number of hydrogen-bond acceptors (Lipinski definition) is 3. The van der Waals surface area contributed by atoms with Gasteiger partial charge in [-0.2, -0.15) is 0 Å². The van der Waals surface area contributed by atoms with Gasteiger partial charge in [-0.05, 0) is 19.1 Å². The Hall–Kier alpha value is -1.17. The molecule has 0 saturated carbocycles. The van der Waals surface area contributed by atoms with Gasteiger partial charge in [0.05, 0.1) is 6.04 Å². The van der Waals surface area contributed by atoms with Crippen molar-refractivity contribution in [2.45, 2.75) is 13.0 Å². The van der Waals surface area contributed by atoms with Crippen LogP contribution in [0.25, 0.3) is 0 Å². The van der Waals surface area contributed by atoms with Crippen LogP contribution in [-0.2, 0) is 0 Å². The normalized spacial score (nSPS) is 12.2. The zero-order valence-electron chi connectivity index (χ0n) is 8.13. The molecule has 3 N–H and O–H groups in total. The lowest BCUT2D eigenvalue weighted by Crippen LogP contribution is -2.34. The highest BCUT2D eigenvalue weighted by molar-refractivity contribution is 9.10. The molecule has 0 aromatic carbocycles. The predicted octanol–water partition coefficient (Wildman–Crippen LogP) is 1.51. The van der Waals surface area contributed by atoms with Crippen molar-refractivity contribution < 1.29 is 9.18 Å². The summed E-state index contributed by atoms with van der Waals surface area (Å²) in [7, 11) is 0. The first-order valence-corrected chi connectivity index (χ1v) is 5.12. The lowest BCUT2D eigenvalue weighted by molar-refractivity contribution is 0.0929. The van der Waals surface area contributed by atoms with E-state index in [-0.39, 0.29) is 11.5 Å². The number of pyridine rings is 1. The number of hydrogen-bond donors (Lipinski definition) is 2. The second kappa shape index (κ2) is 5.06. The van der Waals surface area contributed by atoms with E-state index >= 15 is 0 Å². The van der Waals surface area contributed by atoms with E-state index in [9.17, 15) is 9.18 Å². The second-order valence-corrected chi connectivity index (χ2v) is 4.04. The third-order valence-corrected chi connectivity index (χ3v) is 2.11. The number of nitrogens with two attached hydrogens (primary N) is 1. The van der Waals surface area contributed by atoms with Gasteiger partial charge < -0.3 is 11.1 Å². The van der Waals surface area contributed by atoms with Gasteiger partial charge in [0.15, 0.2) is 0 Å². The number of carbonyl (C=O) groups is 1. The summed E-state index contributed by atoms with van der Waals surface area (Å²) in [6, 6.07) is 2.57. The van der Waals surface area contributed by atoms with Crippen molar-refractivity contribution in [3.63, 3.8) is 0 Å². The summed E-state index contributed by atoms with van der Waals surface area (Å²) in [5.74, 6) is -0.199. The molecule has 82 valence electrons. The molecule has 1 atom stereocenters. The van der Waals surface area contributed by atoms with Gasteiger partial charge in [-0.3, -0.25) is 4.79 Å². The minimum atomic E-state index is -0.616. The topological polar surface area (TPSA) is 68.0 Å². The standard InChI is InChI=1S/C9H11BrFN3O/c1-5(4-11)13-9(15)7-2-6(10)3-8(12)14-7/h2-3,5H,4H2,1H3,(H2,12,14)(H,13,15). The minimum absolute atomic E-state index is 0.169. The number of alkyl halides is 1. The molecule has 0 saturated heterocycles. The molecule has 1 amide bonds. The van der Waals surface area contributed by atoms with Gasteiger partial charge in [0, 0.05) is 4.47 Å². The highest BCUT2D eigenvalue weighted by Crippen LogP contribution is 2.13. The van der Waals surface area contributed by atoms with E-state index < -0.39 is 18.6 Å². The van der Waals surface area contributed by atoms with Crippen molar-refractivity contribution in [1.82, 2.24) is 10.3 Å². The zero-order chi connectivity index (χ0) is 11.4. The fraction of sp³-hybridized carbons (Fsp3) is 0.333. The fourth-order valence-corrected chi connectivity index (χ4v) is 1.42. The van der Waals surface area contributed by atoms with Crippen molar-refractivity contribution in [1.29, 1.82) is 0 Å². The molecule has 6 heteroatoms. The smallest absolute Gasteiger partial charge is 0.270 e. The van der Waals surface area contributed by atoms with Gasteiger partial charge in [-0.1, -0.05) is 15.9 Å². The summed E-state index contributed by atoms with van der Waals surface area (Å²) in [5, 5.41) is 2.45. The van der Waals surface area contributed by atoms with Gasteiger partial charge >= 0.3 is 0 Å². The monoisotopic (exact) mass is 275 g/mol. The van der Waals surface area contributed by atoms with Crippen LogP contribution in [0.4, 0.5) is 10.2 Å². The van der Waals surface area contributed by atoms with E-state index in [1.165, 1.54) is 6.07 Å². The van der Waals surface area contributed by atoms with E-state index in [1.807, 2.05) is 0 Å². The van der Waals surface area contributed by atoms with Crippen molar-refractivity contribution in [3.8, 4) is 0 Å². The van der Waals surface area contributed by atoms with E-state index in [4.69, 9.17) is 5.73 Å². The van der Waals surface area contributed by atoms with Gasteiger partial charge in [0.2, 0.25) is 0 Å². The Morgan fingerprint density at radius 1 is 1.73 bits per heavy atom. The molecule has 1 rings (SSSR count). The largest absolute Gasteiger partial charge is 0.384 e. The Bertz CT molecular complexity index is 352. The number of amides is 1. The summed E-state index contributed by atoms with van der Waals surface area (Å²) in [6.45, 7) is 0.953. The maximum Gasteiger partial charge on any atom is 0.270 e. The molecule has 4 nitrogen and oxygen atoms in total. The Balaban J connectivity index is 2.82. The molecule has 0 fully saturated rings. The molecule has 0 spiro atoms. The van der Waals surface area contributed by atoms with Crippen molar-refractivity contribution in [2.75, 3.05) is 12.4 Å². The van der Waals surface area contributed by atoms with E-state index in [1.54, 1.807) is 13.0 Å². The molecule has 1 unspecified atom stereocenters. The second-order valence-electron chi connectivity index (χ2n) is 3.12. The first-order valence-electron chi connectivity index (χ1n) is 4.33. The molecule has 1 aromatic rings. The van der Waals surface area contributed by atoms with Gasteiger partial charge in [-0.15, -0.1) is 0 Å². The van der Waals surface area contributed by atoms with Gasteiger partial charge in [-0.25, -0.2) is 9.37 Å². The van der Waals surface area contributed by atoms with Crippen LogP contribution >= 0.6 is 15.9 Å². The molecule has 0 bridgehead atoms. The fourth-order valence-electron chi connectivity index (χ4n) is 0.970. The van der Waals surface area contributed by atoms with Gasteiger partial charge in [0.1, 0.15) is 18.2 Å². The number of anilines is 1. The van der Waals surface area contributed by atoms with Crippen LogP contribution < -0.4 is 11.1 Å². The van der Waals surface area contributed by atoms with Crippen LogP contribution in [0.2, 0.25) is 0 Å². The maximum absolute atomic E-state index is 12.2. The zero-order valence-corrected chi connectivity index (χ0v) is 9.71. The average Bonchev–Trinajstić information content (AvgIpc) is 2.16. The molecule has 1 heterocycles. The Morgan fingerprint density at radius 3 is 2.93 bits per heavy atom. The number of nitrogens with zero attached hydrogens (tertiary/aromatic N) is 1. The number of carbonyl (C=O) groups excluding carboxylic acids is 1. The van der Waals surface area contributed by atoms with Crippen LogP contribution in [0, 0.1) is 0 Å². The highest BCUT2D eigenvalue weighted by atomic mass is 79.9. The van der Waals surface area contributed by atoms with Gasteiger partial charge in [0.25, 0.3) is 5.91 Å². The Labute approximate surface area is 95.2 Å². The van der Waals surface area contributed by atoms with E-state index in [0.29, 0.717) is 4.47 Å². The van der Waals surface area contributed by atoms with Crippen LogP contribution in [0.15, 0.2) is 16.6 Å². The average molecular weight is 276 g/mol. The van der Waals surface area contributed by atoms with Crippen molar-refractivity contribution in [2.24, 2.45) is 0 Å². The summed E-state index contributed by atoms with van der Waals surface area (Å²) in [5.41, 5.74) is 5.63. The molecular weight excluding hydrogens is 265 g/mol. The third-order valence-electron chi connectivity index (χ3n) is 1.65. The third kappa shape index (κ3) is 3.47. The molecule has 0 aliphatic rings. The van der Waals surface area contributed by atoms with Crippen molar-refractivity contribution in [3.05, 3.63) is 22.3 Å². The van der Waals surface area contributed by atoms with E-state index in [2.05, 4.69) is 26.2 Å². The summed E-state index contributed by atoms with van der Waals surface area (Å²) < 4.78 is 12.8. The summed E-state index contributed by atoms with van der Waals surface area (Å²) in [4.78, 5) is 15.3. The lowest BCUT2D eigenvalue weighted by Gasteiger charge is -2.09. The first-order chi connectivity index (χ1) is 7.02. The quantitative estimate of drug-likeness (QED) is 0.879. The van der Waals surface area contributed by atoms with Crippen molar-refractivity contribution >= 4 is 27.7 Å². The lowest BCUT2D eigenvalue weighted by atomic mass is 10.3. The van der Waals surface area contributed by atoms with E-state index in [0.717, 1.165) is 0 Å². The number of nitrogen functional groups attached to an aromatic ring is 1. The summed E-state index contributed by atoms with van der Waals surface area (Å²) >= 11 is 3.19. The molecule has 1 aromatic heterocycles. The number of rotatable bonds is 3. The molecule has 0 radical (unpaired) electrons. The maximum atomic E-state index is 12.2. The molecule has 0 aliphatic carbocycles. The number of halogens is 2. The molecular formula is C9H11BrFN3O. The van der Waals surface area contributed by atoms with Crippen LogP contribution in [0.3, 0.4) is 0 Å². The first kappa shape index (κ1) is 11.9. The Morgan fingerprint density at radius 2 is 2.40 bits per heavy atom. The highest BCUT2D eigenvalue weighted by Gasteiger charge is 2.11. The molecule has 0 aliphatic heterocycles. The minimum Gasteiger partial charge on any atom is -0.384 e. The Kier molecular flexibility index (Phi) is 4.02. The predicted molar refractivity (Wildman–Crippen MR) is 59.3 cm³/mol. The van der Waals surface area contributed by atoms with Crippen LogP contribution in [-0.4, -0.2) is 23.6 Å². The number of nitrogens with one attached hydrogen (secondary N) is 1. The van der Waals surface area contributed by atoms with Crippen LogP contribution in [0.1, 0.15) is 17.4 Å². The molecule has 15 heavy (non-hydrogen) atoms.